The predicted molar refractivity (Wildman–Crippen MR) is 104 cm³/mol. The van der Waals surface area contributed by atoms with Crippen LogP contribution in [0.3, 0.4) is 0 Å². The molecule has 0 bridgehead atoms. The Labute approximate surface area is 160 Å². The largest absolute Gasteiger partial charge is 0.350 e. The maximum absolute atomic E-state index is 6.05. The molecule has 5 nitrogen and oxygen atoms in total. The van der Waals surface area contributed by atoms with Crippen molar-refractivity contribution in [2.24, 2.45) is 5.73 Å². The van der Waals surface area contributed by atoms with Gasteiger partial charge in [0.2, 0.25) is 0 Å². The summed E-state index contributed by atoms with van der Waals surface area (Å²) in [5.41, 5.74) is 6.05. The fraction of sp³-hybridized carbons (Fsp3) is 1.00. The lowest BCUT2D eigenvalue weighted by Crippen LogP contribution is -2.41. The molecule has 5 atom stereocenters. The van der Waals surface area contributed by atoms with E-state index in [-0.39, 0.29) is 30.6 Å². The number of fused-ring (bicyclic) bond motifs is 1. The summed E-state index contributed by atoms with van der Waals surface area (Å²) in [5, 5.41) is 0. The molecule has 26 heavy (non-hydrogen) atoms. The van der Waals surface area contributed by atoms with Crippen LogP contribution in [0.15, 0.2) is 0 Å². The Balaban J connectivity index is 1.55. The van der Waals surface area contributed by atoms with E-state index in [9.17, 15) is 0 Å². The first kappa shape index (κ1) is 22.1. The molecular formula is C21H41NO4. The van der Waals surface area contributed by atoms with Crippen molar-refractivity contribution in [3.05, 3.63) is 0 Å². The van der Waals surface area contributed by atoms with Crippen LogP contribution < -0.4 is 5.73 Å². The molecule has 154 valence electrons. The van der Waals surface area contributed by atoms with Crippen LogP contribution in [0.5, 0.6) is 0 Å². The van der Waals surface area contributed by atoms with Gasteiger partial charge in [0, 0.05) is 12.6 Å². The van der Waals surface area contributed by atoms with Crippen molar-refractivity contribution < 1.29 is 18.9 Å². The van der Waals surface area contributed by atoms with Crippen molar-refractivity contribution in [1.29, 1.82) is 0 Å². The number of rotatable bonds is 13. The monoisotopic (exact) mass is 371 g/mol. The SMILES string of the molecule is CCCCCCCCCCCCO[C@@H]1O[C@H]([C@H](C)N)[C@@H]2OC(C)(C)O[C@H]12. The third kappa shape index (κ3) is 6.75. The summed E-state index contributed by atoms with van der Waals surface area (Å²) in [4.78, 5) is 0. The maximum atomic E-state index is 6.05. The van der Waals surface area contributed by atoms with Gasteiger partial charge < -0.3 is 24.7 Å². The highest BCUT2D eigenvalue weighted by Crippen LogP contribution is 2.39. The maximum Gasteiger partial charge on any atom is 0.187 e. The topological polar surface area (TPSA) is 62.9 Å². The minimum atomic E-state index is -0.592. The molecular weight excluding hydrogens is 330 g/mol. The molecule has 0 amide bonds. The number of hydrogen-bond donors (Lipinski definition) is 1. The van der Waals surface area contributed by atoms with Crippen molar-refractivity contribution in [3.8, 4) is 0 Å². The van der Waals surface area contributed by atoms with E-state index in [1.54, 1.807) is 0 Å². The first-order valence-electron chi connectivity index (χ1n) is 10.8. The summed E-state index contributed by atoms with van der Waals surface area (Å²) >= 11 is 0. The van der Waals surface area contributed by atoms with E-state index < -0.39 is 5.79 Å². The van der Waals surface area contributed by atoms with Gasteiger partial charge in [-0.25, -0.2) is 0 Å². The highest BCUT2D eigenvalue weighted by Gasteiger charge is 2.56. The molecule has 0 aromatic carbocycles. The van der Waals surface area contributed by atoms with Gasteiger partial charge in [0.05, 0.1) is 0 Å². The van der Waals surface area contributed by atoms with Crippen molar-refractivity contribution in [2.75, 3.05) is 6.61 Å². The zero-order valence-corrected chi connectivity index (χ0v) is 17.4. The smallest absolute Gasteiger partial charge is 0.187 e. The van der Waals surface area contributed by atoms with E-state index in [1.165, 1.54) is 57.8 Å². The second-order valence-electron chi connectivity index (χ2n) is 8.45. The standard InChI is InChI=1S/C21H41NO4/c1-5-6-7-8-9-10-11-12-13-14-15-23-20-19-18(17(24-20)16(2)22)25-21(3,4)26-19/h16-20H,5-15,22H2,1-4H3/t16-,17+,18-,19-,20+/m0/s1. The lowest BCUT2D eigenvalue weighted by molar-refractivity contribution is -0.235. The zero-order valence-electron chi connectivity index (χ0n) is 17.4. The summed E-state index contributed by atoms with van der Waals surface area (Å²) in [6.45, 7) is 8.79. The minimum Gasteiger partial charge on any atom is -0.350 e. The van der Waals surface area contributed by atoms with E-state index in [1.807, 2.05) is 20.8 Å². The van der Waals surface area contributed by atoms with E-state index in [2.05, 4.69) is 6.92 Å². The molecule has 0 radical (unpaired) electrons. The van der Waals surface area contributed by atoms with Gasteiger partial charge in [0.1, 0.15) is 18.3 Å². The van der Waals surface area contributed by atoms with Gasteiger partial charge in [-0.15, -0.1) is 0 Å². The van der Waals surface area contributed by atoms with Crippen molar-refractivity contribution in [2.45, 2.75) is 128 Å². The molecule has 2 heterocycles. The first-order valence-corrected chi connectivity index (χ1v) is 10.8. The third-order valence-corrected chi connectivity index (χ3v) is 5.35. The summed E-state index contributed by atoms with van der Waals surface area (Å²) in [5.74, 6) is -0.592. The highest BCUT2D eigenvalue weighted by atomic mass is 16.8. The van der Waals surface area contributed by atoms with Crippen LogP contribution in [0, 0.1) is 0 Å². The average molecular weight is 372 g/mol. The molecule has 2 N–H and O–H groups in total. The highest BCUT2D eigenvalue weighted by molar-refractivity contribution is 4.98. The van der Waals surface area contributed by atoms with Crippen molar-refractivity contribution in [1.82, 2.24) is 0 Å². The first-order chi connectivity index (χ1) is 12.4. The lowest BCUT2D eigenvalue weighted by atomic mass is 10.1. The Bertz CT molecular complexity index is 388. The van der Waals surface area contributed by atoms with Crippen LogP contribution in [0.25, 0.3) is 0 Å². The Hall–Kier alpha value is -0.200. The van der Waals surface area contributed by atoms with Gasteiger partial charge in [0.15, 0.2) is 12.1 Å². The zero-order chi connectivity index (χ0) is 19.0. The summed E-state index contributed by atoms with van der Waals surface area (Å²) in [6, 6.07) is -0.106. The molecule has 0 unspecified atom stereocenters. The average Bonchev–Trinajstić information content (AvgIpc) is 3.06. The number of hydrogen-bond acceptors (Lipinski definition) is 5. The molecule has 2 aliphatic heterocycles. The molecule has 0 aromatic rings. The van der Waals surface area contributed by atoms with Gasteiger partial charge in [-0.1, -0.05) is 64.7 Å². The van der Waals surface area contributed by atoms with Crippen LogP contribution in [0.2, 0.25) is 0 Å². The summed E-state index contributed by atoms with van der Waals surface area (Å²) in [7, 11) is 0. The second-order valence-corrected chi connectivity index (χ2v) is 8.45. The van der Waals surface area contributed by atoms with E-state index in [0.717, 1.165) is 6.42 Å². The van der Waals surface area contributed by atoms with E-state index in [0.29, 0.717) is 6.61 Å². The van der Waals surface area contributed by atoms with E-state index >= 15 is 0 Å². The van der Waals surface area contributed by atoms with Gasteiger partial charge >= 0.3 is 0 Å². The quantitative estimate of drug-likeness (QED) is 0.482. The normalized spacial score (nSPS) is 31.3. The van der Waals surface area contributed by atoms with Crippen molar-refractivity contribution >= 4 is 0 Å². The predicted octanol–water partition coefficient (Wildman–Crippen LogP) is 4.52. The Morgan fingerprint density at radius 3 is 2.00 bits per heavy atom. The molecule has 2 aliphatic rings. The van der Waals surface area contributed by atoms with Gasteiger partial charge in [0.25, 0.3) is 0 Å². The molecule has 2 saturated heterocycles. The van der Waals surface area contributed by atoms with Crippen LogP contribution in [-0.4, -0.2) is 43.0 Å². The van der Waals surface area contributed by atoms with Gasteiger partial charge in [-0.05, 0) is 27.2 Å². The molecule has 5 heteroatoms. The Kier molecular flexibility index (Phi) is 9.31. The summed E-state index contributed by atoms with van der Waals surface area (Å²) in [6.07, 6.45) is 12.4. The van der Waals surface area contributed by atoms with Gasteiger partial charge in [-0.2, -0.15) is 0 Å². The molecule has 2 fully saturated rings. The van der Waals surface area contributed by atoms with E-state index in [4.69, 9.17) is 24.7 Å². The van der Waals surface area contributed by atoms with Crippen molar-refractivity contribution in [3.63, 3.8) is 0 Å². The number of ether oxygens (including phenoxy) is 4. The van der Waals surface area contributed by atoms with Gasteiger partial charge in [-0.3, -0.25) is 0 Å². The molecule has 2 rings (SSSR count). The molecule has 0 saturated carbocycles. The number of unbranched alkanes of at least 4 members (excludes halogenated alkanes) is 9. The lowest BCUT2D eigenvalue weighted by Gasteiger charge is -2.25. The number of nitrogens with two attached hydrogens (primary N) is 1. The fourth-order valence-electron chi connectivity index (χ4n) is 3.94. The van der Waals surface area contributed by atoms with Crippen LogP contribution in [-0.2, 0) is 18.9 Å². The molecule has 0 spiro atoms. The fourth-order valence-corrected chi connectivity index (χ4v) is 3.94. The molecule has 0 aliphatic carbocycles. The third-order valence-electron chi connectivity index (χ3n) is 5.35. The van der Waals surface area contributed by atoms with Crippen LogP contribution in [0.4, 0.5) is 0 Å². The van der Waals surface area contributed by atoms with Crippen LogP contribution in [0.1, 0.15) is 91.9 Å². The molecule has 0 aromatic heterocycles. The second kappa shape index (κ2) is 11.0. The van der Waals surface area contributed by atoms with Crippen LogP contribution >= 0.6 is 0 Å². The Morgan fingerprint density at radius 2 is 1.42 bits per heavy atom. The summed E-state index contributed by atoms with van der Waals surface area (Å²) < 4.78 is 23.9. The Morgan fingerprint density at radius 1 is 0.885 bits per heavy atom. The minimum absolute atomic E-state index is 0.106.